The maximum absolute atomic E-state index is 12.1. The molecule has 0 aromatic carbocycles. The zero-order valence-corrected chi connectivity index (χ0v) is 12.9. The molecule has 0 radical (unpaired) electrons. The first-order chi connectivity index (χ1) is 9.77. The summed E-state index contributed by atoms with van der Waals surface area (Å²) < 4.78 is 0. The van der Waals surface area contributed by atoms with Crippen molar-refractivity contribution in [3.05, 3.63) is 0 Å². The fourth-order valence-electron chi connectivity index (χ4n) is 2.44. The van der Waals surface area contributed by atoms with E-state index in [0.29, 0.717) is 13.0 Å². The number of carboxylic acids is 1. The molecule has 21 heavy (non-hydrogen) atoms. The number of nitrogens with zero attached hydrogens (tertiary/aromatic N) is 1. The zero-order chi connectivity index (χ0) is 16.0. The summed E-state index contributed by atoms with van der Waals surface area (Å²) in [7, 11) is 0. The molecule has 0 saturated carbocycles. The van der Waals surface area contributed by atoms with E-state index in [1.54, 1.807) is 6.92 Å². The van der Waals surface area contributed by atoms with Crippen LogP contribution in [0.1, 0.15) is 46.5 Å². The van der Waals surface area contributed by atoms with Gasteiger partial charge in [-0.25, -0.2) is 9.59 Å². The number of carbonyl (C=O) groups excluding carboxylic acids is 2. The van der Waals surface area contributed by atoms with Gasteiger partial charge in [-0.2, -0.15) is 0 Å². The Labute approximate surface area is 125 Å². The first kappa shape index (κ1) is 17.3. The van der Waals surface area contributed by atoms with Gasteiger partial charge < -0.3 is 20.6 Å². The Bertz CT molecular complexity index is 411. The van der Waals surface area contributed by atoms with Crippen LogP contribution in [-0.2, 0) is 9.59 Å². The summed E-state index contributed by atoms with van der Waals surface area (Å²) in [6.07, 6.45) is 2.22. The number of piperidine rings is 1. The third-order valence-electron chi connectivity index (χ3n) is 3.67. The molecule has 1 fully saturated rings. The lowest BCUT2D eigenvalue weighted by Gasteiger charge is -2.41. The van der Waals surface area contributed by atoms with Crippen LogP contribution in [0.25, 0.3) is 0 Å². The van der Waals surface area contributed by atoms with Crippen LogP contribution < -0.4 is 10.6 Å². The lowest BCUT2D eigenvalue weighted by atomic mass is 9.89. The Kier molecular flexibility index (Phi) is 5.99. The average Bonchev–Trinajstić information content (AvgIpc) is 2.37. The maximum Gasteiger partial charge on any atom is 0.329 e. The summed E-state index contributed by atoms with van der Waals surface area (Å²) in [6, 6.07) is -0.359. The van der Waals surface area contributed by atoms with Crippen molar-refractivity contribution in [2.45, 2.75) is 58.0 Å². The molecule has 1 aliphatic heterocycles. The first-order valence-corrected chi connectivity index (χ1v) is 7.35. The van der Waals surface area contributed by atoms with E-state index in [2.05, 4.69) is 10.6 Å². The first-order valence-electron chi connectivity index (χ1n) is 7.35. The van der Waals surface area contributed by atoms with Crippen LogP contribution in [0.15, 0.2) is 0 Å². The Morgan fingerprint density at radius 3 is 2.52 bits per heavy atom. The van der Waals surface area contributed by atoms with Crippen molar-refractivity contribution in [1.82, 2.24) is 15.5 Å². The number of amides is 3. The van der Waals surface area contributed by atoms with Crippen LogP contribution in [0.5, 0.6) is 0 Å². The predicted octanol–water partition coefficient (Wildman–Crippen LogP) is 0.940. The summed E-state index contributed by atoms with van der Waals surface area (Å²) in [4.78, 5) is 36.4. The van der Waals surface area contributed by atoms with E-state index in [1.807, 2.05) is 13.8 Å². The number of hydrogen-bond acceptors (Lipinski definition) is 3. The molecule has 1 rings (SSSR count). The van der Waals surface area contributed by atoms with Crippen molar-refractivity contribution in [2.24, 2.45) is 0 Å². The van der Waals surface area contributed by atoms with Gasteiger partial charge in [-0.15, -0.1) is 0 Å². The van der Waals surface area contributed by atoms with E-state index in [4.69, 9.17) is 0 Å². The Morgan fingerprint density at radius 2 is 1.95 bits per heavy atom. The van der Waals surface area contributed by atoms with E-state index in [0.717, 1.165) is 12.8 Å². The molecule has 3 amide bonds. The summed E-state index contributed by atoms with van der Waals surface area (Å²) in [5, 5.41) is 14.7. The van der Waals surface area contributed by atoms with Gasteiger partial charge in [0.15, 0.2) is 0 Å². The molecule has 7 nitrogen and oxygen atoms in total. The van der Waals surface area contributed by atoms with Gasteiger partial charge in [0.1, 0.15) is 5.54 Å². The normalized spacial score (nSPS) is 22.0. The van der Waals surface area contributed by atoms with E-state index >= 15 is 0 Å². The SMILES string of the molecule is CC(C)NC(=O)CCNC(=O)N1CCCCC1(C)C(=O)O. The highest BCUT2D eigenvalue weighted by atomic mass is 16.4. The molecular weight excluding hydrogens is 274 g/mol. The predicted molar refractivity (Wildman–Crippen MR) is 77.9 cm³/mol. The molecule has 1 atom stereocenters. The number of carbonyl (C=O) groups is 3. The van der Waals surface area contributed by atoms with Crippen molar-refractivity contribution in [3.63, 3.8) is 0 Å². The number of carboxylic acid groups (broad SMARTS) is 1. The molecule has 120 valence electrons. The third-order valence-corrected chi connectivity index (χ3v) is 3.67. The molecule has 0 spiro atoms. The summed E-state index contributed by atoms with van der Waals surface area (Å²) in [6.45, 7) is 5.92. The summed E-state index contributed by atoms with van der Waals surface area (Å²) >= 11 is 0. The van der Waals surface area contributed by atoms with Crippen molar-refractivity contribution >= 4 is 17.9 Å². The molecular formula is C14H25N3O4. The van der Waals surface area contributed by atoms with Crippen molar-refractivity contribution in [1.29, 1.82) is 0 Å². The maximum atomic E-state index is 12.1. The number of rotatable bonds is 5. The smallest absolute Gasteiger partial charge is 0.329 e. The number of urea groups is 1. The van der Waals surface area contributed by atoms with Crippen LogP contribution in [0.3, 0.4) is 0 Å². The molecule has 1 saturated heterocycles. The minimum absolute atomic E-state index is 0.0607. The van der Waals surface area contributed by atoms with Gasteiger partial charge in [-0.3, -0.25) is 4.79 Å². The average molecular weight is 299 g/mol. The number of likely N-dealkylation sites (tertiary alicyclic amines) is 1. The Balaban J connectivity index is 2.50. The highest BCUT2D eigenvalue weighted by Crippen LogP contribution is 2.28. The second-order valence-corrected chi connectivity index (χ2v) is 5.89. The Morgan fingerprint density at radius 1 is 1.29 bits per heavy atom. The van der Waals surface area contributed by atoms with Gasteiger partial charge in [0.25, 0.3) is 0 Å². The number of hydrogen-bond donors (Lipinski definition) is 3. The van der Waals surface area contributed by atoms with Crippen molar-refractivity contribution < 1.29 is 19.5 Å². The lowest BCUT2D eigenvalue weighted by Crippen LogP contribution is -2.60. The van der Waals surface area contributed by atoms with Gasteiger partial charge in [0.05, 0.1) is 0 Å². The van der Waals surface area contributed by atoms with Crippen LogP contribution in [0, 0.1) is 0 Å². The highest BCUT2D eigenvalue weighted by molar-refractivity contribution is 5.86. The molecule has 3 N–H and O–H groups in total. The van der Waals surface area contributed by atoms with Crippen molar-refractivity contribution in [2.75, 3.05) is 13.1 Å². The van der Waals surface area contributed by atoms with Gasteiger partial charge in [0, 0.05) is 25.6 Å². The fourth-order valence-corrected chi connectivity index (χ4v) is 2.44. The largest absolute Gasteiger partial charge is 0.480 e. The second-order valence-electron chi connectivity index (χ2n) is 5.89. The molecule has 1 unspecified atom stereocenters. The van der Waals surface area contributed by atoms with Gasteiger partial charge >= 0.3 is 12.0 Å². The lowest BCUT2D eigenvalue weighted by molar-refractivity contribution is -0.150. The number of nitrogens with one attached hydrogen (secondary N) is 2. The molecule has 7 heteroatoms. The van der Waals surface area contributed by atoms with Gasteiger partial charge in [-0.1, -0.05) is 0 Å². The van der Waals surface area contributed by atoms with E-state index in [1.165, 1.54) is 4.90 Å². The fraction of sp³-hybridized carbons (Fsp3) is 0.786. The standard InChI is InChI=1S/C14H25N3O4/c1-10(2)16-11(18)6-8-15-13(21)17-9-5-4-7-14(17,3)12(19)20/h10H,4-9H2,1-3H3,(H,15,21)(H,16,18)(H,19,20). The summed E-state index contributed by atoms with van der Waals surface area (Å²) in [5.74, 6) is -1.13. The van der Waals surface area contributed by atoms with Crippen LogP contribution in [0.4, 0.5) is 4.79 Å². The minimum atomic E-state index is -1.16. The minimum Gasteiger partial charge on any atom is -0.480 e. The summed E-state index contributed by atoms with van der Waals surface area (Å²) in [5.41, 5.74) is -1.16. The quantitative estimate of drug-likeness (QED) is 0.703. The molecule has 1 heterocycles. The zero-order valence-electron chi connectivity index (χ0n) is 12.9. The van der Waals surface area contributed by atoms with Gasteiger partial charge in [-0.05, 0) is 40.0 Å². The molecule has 0 aliphatic carbocycles. The van der Waals surface area contributed by atoms with Gasteiger partial charge in [0.2, 0.25) is 5.91 Å². The molecule has 0 bridgehead atoms. The molecule has 0 aromatic rings. The van der Waals surface area contributed by atoms with Crippen molar-refractivity contribution in [3.8, 4) is 0 Å². The Hall–Kier alpha value is -1.79. The van der Waals surface area contributed by atoms with E-state index in [-0.39, 0.29) is 24.9 Å². The third kappa shape index (κ3) is 4.61. The number of aliphatic carboxylic acids is 1. The molecule has 0 aromatic heterocycles. The molecule has 1 aliphatic rings. The highest BCUT2D eigenvalue weighted by Gasteiger charge is 2.43. The van der Waals surface area contributed by atoms with Crippen LogP contribution in [0.2, 0.25) is 0 Å². The van der Waals surface area contributed by atoms with Crippen LogP contribution in [-0.4, -0.2) is 52.6 Å². The topological polar surface area (TPSA) is 98.7 Å². The van der Waals surface area contributed by atoms with E-state index < -0.39 is 17.5 Å². The van der Waals surface area contributed by atoms with Crippen LogP contribution >= 0.6 is 0 Å². The monoisotopic (exact) mass is 299 g/mol. The second kappa shape index (κ2) is 7.28. The van der Waals surface area contributed by atoms with E-state index in [9.17, 15) is 19.5 Å².